The number of rotatable bonds is 3. The van der Waals surface area contributed by atoms with Crippen LogP contribution in [0.15, 0.2) is 47.5 Å². The molecule has 4 rings (SSSR count). The number of imide groups is 1. The maximum Gasteiger partial charge on any atom is 0.290 e. The van der Waals surface area contributed by atoms with Crippen LogP contribution in [0.5, 0.6) is 0 Å². The van der Waals surface area contributed by atoms with E-state index in [4.69, 9.17) is 0 Å². The van der Waals surface area contributed by atoms with Gasteiger partial charge in [0, 0.05) is 37.9 Å². The van der Waals surface area contributed by atoms with Gasteiger partial charge < -0.3 is 9.80 Å². The highest BCUT2D eigenvalue weighted by Crippen LogP contribution is 2.25. The summed E-state index contributed by atoms with van der Waals surface area (Å²) in [6.45, 7) is 2.39. The van der Waals surface area contributed by atoms with Crippen LogP contribution >= 0.6 is 11.8 Å². The Bertz CT molecular complexity index is 955. The fourth-order valence-electron chi connectivity index (χ4n) is 3.02. The van der Waals surface area contributed by atoms with Crippen LogP contribution in [0.25, 0.3) is 6.08 Å². The molecular weight excluding hydrogens is 378 g/mol. The molecule has 0 spiro atoms. The monoisotopic (exact) mass is 395 g/mol. The van der Waals surface area contributed by atoms with Crippen LogP contribution in [0.1, 0.15) is 16.1 Å². The van der Waals surface area contributed by atoms with Crippen LogP contribution in [0.2, 0.25) is 0 Å². The highest BCUT2D eigenvalue weighted by Gasteiger charge is 2.26. The number of thioether (sulfide) groups is 1. The number of hydrogen-bond donors (Lipinski definition) is 1. The molecule has 2 aromatic rings. The van der Waals surface area contributed by atoms with Crippen LogP contribution < -0.4 is 10.2 Å². The van der Waals surface area contributed by atoms with Gasteiger partial charge in [-0.05, 0) is 36.0 Å². The van der Waals surface area contributed by atoms with Crippen molar-refractivity contribution in [2.45, 2.75) is 0 Å². The number of nitrogens with zero attached hydrogens (tertiary/aromatic N) is 4. The van der Waals surface area contributed by atoms with Crippen LogP contribution in [0.4, 0.5) is 10.7 Å². The first-order valence-electron chi connectivity index (χ1n) is 8.77. The van der Waals surface area contributed by atoms with E-state index >= 15 is 0 Å². The van der Waals surface area contributed by atoms with Gasteiger partial charge in [-0.1, -0.05) is 18.2 Å². The molecule has 1 aromatic carbocycles. The second-order valence-corrected chi connectivity index (χ2v) is 7.29. The van der Waals surface area contributed by atoms with Crippen molar-refractivity contribution < 1.29 is 14.4 Å². The van der Waals surface area contributed by atoms with Gasteiger partial charge in [0.15, 0.2) is 0 Å². The molecule has 3 amide bonds. The zero-order chi connectivity index (χ0) is 19.5. The molecule has 2 aliphatic rings. The molecular formula is C19H17N5O3S. The average molecular weight is 395 g/mol. The summed E-state index contributed by atoms with van der Waals surface area (Å²) in [7, 11) is 0. The lowest BCUT2D eigenvalue weighted by Crippen LogP contribution is -2.49. The van der Waals surface area contributed by atoms with E-state index in [-0.39, 0.29) is 11.1 Å². The van der Waals surface area contributed by atoms with Gasteiger partial charge >= 0.3 is 0 Å². The fourth-order valence-corrected chi connectivity index (χ4v) is 3.69. The van der Waals surface area contributed by atoms with Gasteiger partial charge in [0.05, 0.1) is 10.6 Å². The van der Waals surface area contributed by atoms with Gasteiger partial charge in [0.2, 0.25) is 5.95 Å². The molecule has 3 heterocycles. The van der Waals surface area contributed by atoms with Crippen molar-refractivity contribution in [3.63, 3.8) is 0 Å². The lowest BCUT2D eigenvalue weighted by molar-refractivity contribution is -0.115. The Labute approximate surface area is 165 Å². The third kappa shape index (κ3) is 3.89. The topological polar surface area (TPSA) is 95.5 Å². The lowest BCUT2D eigenvalue weighted by atomic mass is 10.2. The zero-order valence-corrected chi connectivity index (χ0v) is 15.7. The Morgan fingerprint density at radius 3 is 2.50 bits per heavy atom. The van der Waals surface area contributed by atoms with E-state index in [2.05, 4.69) is 15.3 Å². The minimum Gasteiger partial charge on any atom is -0.337 e. The number of piperazine rings is 1. The number of amides is 3. The van der Waals surface area contributed by atoms with Crippen molar-refractivity contribution >= 4 is 40.8 Å². The molecule has 0 atom stereocenters. The number of aromatic nitrogens is 2. The first-order chi connectivity index (χ1) is 13.6. The quantitative estimate of drug-likeness (QED) is 0.791. The summed E-state index contributed by atoms with van der Waals surface area (Å²) in [5, 5.41) is 1.84. The molecule has 1 aromatic heterocycles. The van der Waals surface area contributed by atoms with Crippen molar-refractivity contribution in [2.24, 2.45) is 0 Å². The number of carbonyl (C=O) groups excluding carboxylic acids is 3. The van der Waals surface area contributed by atoms with Crippen molar-refractivity contribution in [2.75, 3.05) is 31.1 Å². The molecule has 0 aliphatic carbocycles. The third-order valence-corrected chi connectivity index (χ3v) is 5.27. The van der Waals surface area contributed by atoms with Crippen molar-refractivity contribution in [1.29, 1.82) is 0 Å². The average Bonchev–Trinajstić information content (AvgIpc) is 3.05. The maximum atomic E-state index is 12.5. The summed E-state index contributed by atoms with van der Waals surface area (Å²) in [5.74, 6) is 0.146. The summed E-state index contributed by atoms with van der Waals surface area (Å²) in [6, 6.07) is 10.9. The summed E-state index contributed by atoms with van der Waals surface area (Å²) >= 11 is 0.855. The lowest BCUT2D eigenvalue weighted by Gasteiger charge is -2.34. The Balaban J connectivity index is 1.43. The Hall–Kier alpha value is -3.20. The molecule has 2 fully saturated rings. The number of carbonyl (C=O) groups is 3. The van der Waals surface area contributed by atoms with Crippen LogP contribution in [0, 0.1) is 0 Å². The Morgan fingerprint density at radius 2 is 1.82 bits per heavy atom. The minimum atomic E-state index is -0.414. The predicted octanol–water partition coefficient (Wildman–Crippen LogP) is 1.76. The van der Waals surface area contributed by atoms with Gasteiger partial charge in [-0.25, -0.2) is 9.97 Å². The van der Waals surface area contributed by atoms with Crippen LogP contribution in [-0.2, 0) is 4.79 Å². The molecule has 9 heteroatoms. The van der Waals surface area contributed by atoms with Gasteiger partial charge in [0.25, 0.3) is 17.1 Å². The summed E-state index contributed by atoms with van der Waals surface area (Å²) in [6.07, 6.45) is 3.20. The highest BCUT2D eigenvalue weighted by atomic mass is 32.2. The third-order valence-electron chi connectivity index (χ3n) is 4.46. The number of benzene rings is 1. The van der Waals surface area contributed by atoms with Gasteiger partial charge in [-0.3, -0.25) is 19.7 Å². The number of hydrogen-bond acceptors (Lipinski definition) is 7. The number of nitrogens with one attached hydrogen (secondary N) is 1. The summed E-state index contributed by atoms with van der Waals surface area (Å²) in [5.41, 5.74) is 1.24. The fraction of sp³-hybridized carbons (Fsp3) is 0.211. The van der Waals surface area contributed by atoms with Crippen LogP contribution in [0.3, 0.4) is 0 Å². The molecule has 0 bridgehead atoms. The molecule has 1 N–H and O–H groups in total. The smallest absolute Gasteiger partial charge is 0.290 e. The minimum absolute atomic E-state index is 0.0218. The van der Waals surface area contributed by atoms with Crippen LogP contribution in [-0.4, -0.2) is 58.1 Å². The van der Waals surface area contributed by atoms with E-state index in [0.717, 1.165) is 11.8 Å². The predicted molar refractivity (Wildman–Crippen MR) is 106 cm³/mol. The van der Waals surface area contributed by atoms with Gasteiger partial charge in [0.1, 0.15) is 0 Å². The molecule has 2 saturated heterocycles. The maximum absolute atomic E-state index is 12.5. The molecule has 0 radical (unpaired) electrons. The summed E-state index contributed by atoms with van der Waals surface area (Å²) < 4.78 is 0. The molecule has 0 saturated carbocycles. The molecule has 2 aliphatic heterocycles. The van der Waals surface area contributed by atoms with Gasteiger partial charge in [-0.2, -0.15) is 0 Å². The second-order valence-electron chi connectivity index (χ2n) is 6.28. The Morgan fingerprint density at radius 1 is 1.07 bits per heavy atom. The zero-order valence-electron chi connectivity index (χ0n) is 14.9. The van der Waals surface area contributed by atoms with E-state index in [1.165, 1.54) is 0 Å². The van der Waals surface area contributed by atoms with E-state index in [1.54, 1.807) is 18.3 Å². The number of anilines is 1. The van der Waals surface area contributed by atoms with Crippen molar-refractivity contribution in [1.82, 2.24) is 20.2 Å². The largest absolute Gasteiger partial charge is 0.337 e. The normalized spacial score (nSPS) is 18.5. The van der Waals surface area contributed by atoms with E-state index < -0.39 is 5.91 Å². The van der Waals surface area contributed by atoms with Crippen molar-refractivity contribution in [3.8, 4) is 0 Å². The first-order valence-corrected chi connectivity index (χ1v) is 9.59. The molecule has 0 unspecified atom stereocenters. The molecule has 28 heavy (non-hydrogen) atoms. The molecule has 8 nitrogen and oxygen atoms in total. The van der Waals surface area contributed by atoms with E-state index in [9.17, 15) is 14.4 Å². The Kier molecular flexibility index (Phi) is 5.07. The first kappa shape index (κ1) is 18.2. The van der Waals surface area contributed by atoms with E-state index in [0.29, 0.717) is 48.3 Å². The second kappa shape index (κ2) is 7.81. The van der Waals surface area contributed by atoms with E-state index in [1.807, 2.05) is 40.1 Å². The molecule has 142 valence electrons. The van der Waals surface area contributed by atoms with Crippen molar-refractivity contribution in [3.05, 3.63) is 58.8 Å². The summed E-state index contributed by atoms with van der Waals surface area (Å²) in [4.78, 5) is 48.4. The van der Waals surface area contributed by atoms with Gasteiger partial charge in [-0.15, -0.1) is 0 Å². The SMILES string of the molecule is O=C1NC(=O)/C(=C/c2ccnc(N3CCN(C(=O)c4ccccc4)CC3)n2)S1. The highest BCUT2D eigenvalue weighted by molar-refractivity contribution is 8.18. The standard InChI is InChI=1S/C19H17N5O3S/c25-16-15(28-19(27)22-16)12-14-6-7-20-18(21-14)24-10-8-23(9-11-24)17(26)13-4-2-1-3-5-13/h1-7,12H,8-11H2,(H,22,25,27)/b15-12-.